The number of hydrogen-bond acceptors (Lipinski definition) is 1. The summed E-state index contributed by atoms with van der Waals surface area (Å²) in [6.45, 7) is 11.2. The van der Waals surface area contributed by atoms with Crippen molar-refractivity contribution in [3.05, 3.63) is 34.9 Å². The SMILES string of the molecule is CCNC[C@@H](Cc1cccc(Cl)c1)C(C)(C)C. The van der Waals surface area contributed by atoms with Crippen LogP contribution in [-0.2, 0) is 6.42 Å². The van der Waals surface area contributed by atoms with Crippen molar-refractivity contribution in [3.8, 4) is 0 Å². The van der Waals surface area contributed by atoms with Crippen LogP contribution in [0.25, 0.3) is 0 Å². The average Bonchev–Trinajstić information content (AvgIpc) is 2.22. The Kier molecular flexibility index (Phi) is 5.48. The minimum atomic E-state index is 0.310. The standard InChI is InChI=1S/C15H24ClN/c1-5-17-11-13(15(2,3)4)9-12-7-6-8-14(16)10-12/h6-8,10,13,17H,5,9,11H2,1-4H3/t13-/m1/s1. The van der Waals surface area contributed by atoms with E-state index in [4.69, 9.17) is 11.6 Å². The fourth-order valence-electron chi connectivity index (χ4n) is 1.95. The third-order valence-electron chi connectivity index (χ3n) is 3.24. The van der Waals surface area contributed by atoms with Gasteiger partial charge in [0.2, 0.25) is 0 Å². The maximum absolute atomic E-state index is 6.03. The number of benzene rings is 1. The molecule has 0 fully saturated rings. The molecule has 0 spiro atoms. The molecule has 0 saturated carbocycles. The van der Waals surface area contributed by atoms with E-state index in [-0.39, 0.29) is 0 Å². The van der Waals surface area contributed by atoms with Gasteiger partial charge in [-0.05, 0) is 48.5 Å². The van der Waals surface area contributed by atoms with E-state index >= 15 is 0 Å². The van der Waals surface area contributed by atoms with Crippen molar-refractivity contribution in [1.82, 2.24) is 5.32 Å². The molecule has 0 amide bonds. The van der Waals surface area contributed by atoms with Gasteiger partial charge in [-0.25, -0.2) is 0 Å². The number of rotatable bonds is 5. The quantitative estimate of drug-likeness (QED) is 0.831. The molecule has 17 heavy (non-hydrogen) atoms. The van der Waals surface area contributed by atoms with Gasteiger partial charge >= 0.3 is 0 Å². The highest BCUT2D eigenvalue weighted by Gasteiger charge is 2.24. The van der Waals surface area contributed by atoms with Gasteiger partial charge in [-0.2, -0.15) is 0 Å². The molecule has 0 saturated heterocycles. The lowest BCUT2D eigenvalue weighted by atomic mass is 9.77. The number of halogens is 1. The monoisotopic (exact) mass is 253 g/mol. The van der Waals surface area contributed by atoms with E-state index in [0.717, 1.165) is 24.5 Å². The molecule has 0 aliphatic rings. The van der Waals surface area contributed by atoms with Crippen LogP contribution in [0.5, 0.6) is 0 Å². The van der Waals surface area contributed by atoms with E-state index in [1.807, 2.05) is 12.1 Å². The second-order valence-corrected chi connectivity index (χ2v) is 6.14. The summed E-state index contributed by atoms with van der Waals surface area (Å²) in [4.78, 5) is 0. The summed E-state index contributed by atoms with van der Waals surface area (Å²) < 4.78 is 0. The molecule has 0 radical (unpaired) electrons. The summed E-state index contributed by atoms with van der Waals surface area (Å²) in [5, 5.41) is 4.29. The molecule has 1 rings (SSSR count). The van der Waals surface area contributed by atoms with Crippen molar-refractivity contribution in [2.45, 2.75) is 34.1 Å². The highest BCUT2D eigenvalue weighted by atomic mass is 35.5. The van der Waals surface area contributed by atoms with E-state index in [2.05, 4.69) is 45.1 Å². The Morgan fingerprint density at radius 1 is 1.29 bits per heavy atom. The van der Waals surface area contributed by atoms with Crippen LogP contribution in [0.4, 0.5) is 0 Å². The van der Waals surface area contributed by atoms with Gasteiger partial charge < -0.3 is 5.32 Å². The molecule has 0 bridgehead atoms. The average molecular weight is 254 g/mol. The largest absolute Gasteiger partial charge is 0.317 e. The van der Waals surface area contributed by atoms with E-state index < -0.39 is 0 Å². The summed E-state index contributed by atoms with van der Waals surface area (Å²) in [7, 11) is 0. The van der Waals surface area contributed by atoms with Crippen molar-refractivity contribution in [1.29, 1.82) is 0 Å². The van der Waals surface area contributed by atoms with E-state index in [1.165, 1.54) is 5.56 Å². The Morgan fingerprint density at radius 3 is 2.53 bits per heavy atom. The summed E-state index contributed by atoms with van der Waals surface area (Å²) in [5.41, 5.74) is 1.64. The first-order chi connectivity index (χ1) is 7.93. The topological polar surface area (TPSA) is 12.0 Å². The van der Waals surface area contributed by atoms with Crippen LogP contribution in [0.2, 0.25) is 5.02 Å². The van der Waals surface area contributed by atoms with Crippen LogP contribution >= 0.6 is 11.6 Å². The highest BCUT2D eigenvalue weighted by molar-refractivity contribution is 6.30. The van der Waals surface area contributed by atoms with E-state index in [0.29, 0.717) is 11.3 Å². The second-order valence-electron chi connectivity index (χ2n) is 5.70. The van der Waals surface area contributed by atoms with Crippen molar-refractivity contribution in [2.75, 3.05) is 13.1 Å². The van der Waals surface area contributed by atoms with Gasteiger partial charge in [-0.1, -0.05) is 51.4 Å². The Hall–Kier alpha value is -0.530. The van der Waals surface area contributed by atoms with Gasteiger partial charge in [-0.15, -0.1) is 0 Å². The van der Waals surface area contributed by atoms with Gasteiger partial charge in [0, 0.05) is 5.02 Å². The maximum atomic E-state index is 6.03. The van der Waals surface area contributed by atoms with Gasteiger partial charge in [0.25, 0.3) is 0 Å². The molecule has 96 valence electrons. The van der Waals surface area contributed by atoms with Crippen LogP contribution in [0.15, 0.2) is 24.3 Å². The second kappa shape index (κ2) is 6.42. The first kappa shape index (κ1) is 14.5. The van der Waals surface area contributed by atoms with E-state index in [1.54, 1.807) is 0 Å². The van der Waals surface area contributed by atoms with Gasteiger partial charge in [-0.3, -0.25) is 0 Å². The molecule has 1 nitrogen and oxygen atoms in total. The number of nitrogens with one attached hydrogen (secondary N) is 1. The zero-order chi connectivity index (χ0) is 12.9. The first-order valence-electron chi connectivity index (χ1n) is 6.38. The van der Waals surface area contributed by atoms with Crippen LogP contribution in [0.1, 0.15) is 33.3 Å². The number of hydrogen-bond donors (Lipinski definition) is 1. The van der Waals surface area contributed by atoms with Crippen LogP contribution in [-0.4, -0.2) is 13.1 Å². The molecule has 0 heterocycles. The molecule has 1 aromatic rings. The minimum absolute atomic E-state index is 0.310. The third-order valence-corrected chi connectivity index (χ3v) is 3.47. The molecule has 2 heteroatoms. The summed E-state index contributed by atoms with van der Waals surface area (Å²) in [5.74, 6) is 0.626. The van der Waals surface area contributed by atoms with Crippen LogP contribution < -0.4 is 5.32 Å². The zero-order valence-electron chi connectivity index (χ0n) is 11.4. The fraction of sp³-hybridized carbons (Fsp3) is 0.600. The Bertz CT molecular complexity index is 341. The third kappa shape index (κ3) is 5.10. The van der Waals surface area contributed by atoms with Crippen LogP contribution in [0.3, 0.4) is 0 Å². The van der Waals surface area contributed by atoms with Gasteiger partial charge in [0.1, 0.15) is 0 Å². The Morgan fingerprint density at radius 2 is 2.00 bits per heavy atom. The molecular weight excluding hydrogens is 230 g/mol. The van der Waals surface area contributed by atoms with Gasteiger partial charge in [0.05, 0.1) is 0 Å². The lowest BCUT2D eigenvalue weighted by molar-refractivity contribution is 0.232. The van der Waals surface area contributed by atoms with E-state index in [9.17, 15) is 0 Å². The van der Waals surface area contributed by atoms with Gasteiger partial charge in [0.15, 0.2) is 0 Å². The summed E-state index contributed by atoms with van der Waals surface area (Å²) in [6.07, 6.45) is 1.08. The fourth-order valence-corrected chi connectivity index (χ4v) is 2.16. The smallest absolute Gasteiger partial charge is 0.0408 e. The summed E-state index contributed by atoms with van der Waals surface area (Å²) >= 11 is 6.03. The Balaban J connectivity index is 2.72. The molecule has 0 aliphatic carbocycles. The van der Waals surface area contributed by atoms with Crippen molar-refractivity contribution >= 4 is 11.6 Å². The molecule has 1 aromatic carbocycles. The lowest BCUT2D eigenvalue weighted by Gasteiger charge is -2.31. The van der Waals surface area contributed by atoms with Crippen LogP contribution in [0, 0.1) is 11.3 Å². The van der Waals surface area contributed by atoms with Crippen molar-refractivity contribution in [3.63, 3.8) is 0 Å². The normalized spacial score (nSPS) is 13.7. The maximum Gasteiger partial charge on any atom is 0.0408 e. The molecule has 0 aromatic heterocycles. The first-order valence-corrected chi connectivity index (χ1v) is 6.76. The predicted octanol–water partition coefficient (Wildman–Crippen LogP) is 4.15. The predicted molar refractivity (Wildman–Crippen MR) is 76.6 cm³/mol. The molecule has 1 atom stereocenters. The van der Waals surface area contributed by atoms with Crippen molar-refractivity contribution < 1.29 is 0 Å². The molecule has 0 aliphatic heterocycles. The molecule has 0 unspecified atom stereocenters. The zero-order valence-corrected chi connectivity index (χ0v) is 12.1. The molecular formula is C15H24ClN. The summed E-state index contributed by atoms with van der Waals surface area (Å²) in [6, 6.07) is 8.20. The minimum Gasteiger partial charge on any atom is -0.317 e. The Labute approximate surface area is 111 Å². The van der Waals surface area contributed by atoms with Crippen molar-refractivity contribution in [2.24, 2.45) is 11.3 Å². The highest BCUT2D eigenvalue weighted by Crippen LogP contribution is 2.29. The lowest BCUT2D eigenvalue weighted by Crippen LogP contribution is -2.33. The molecule has 1 N–H and O–H groups in total.